The zero-order valence-electron chi connectivity index (χ0n) is 14.3. The maximum Gasteiger partial charge on any atom is 0.264 e. The quantitative estimate of drug-likeness (QED) is 0.800. The van der Waals surface area contributed by atoms with Crippen LogP contribution in [0.15, 0.2) is 46.3 Å². The lowest BCUT2D eigenvalue weighted by molar-refractivity contribution is -0.115. The first-order valence-corrected chi connectivity index (χ1v) is 8.69. The predicted octanol–water partition coefficient (Wildman–Crippen LogP) is 4.81. The molecule has 4 heteroatoms. The van der Waals surface area contributed by atoms with Gasteiger partial charge in [0.2, 0.25) is 0 Å². The van der Waals surface area contributed by atoms with E-state index in [4.69, 9.17) is 0 Å². The van der Waals surface area contributed by atoms with Crippen molar-refractivity contribution in [2.45, 2.75) is 27.7 Å². The molecule has 24 heavy (non-hydrogen) atoms. The van der Waals surface area contributed by atoms with Crippen molar-refractivity contribution in [2.75, 3.05) is 0 Å². The third-order valence-corrected chi connectivity index (χ3v) is 4.93. The number of hydrogen-bond acceptors (Lipinski definition) is 3. The maximum atomic E-state index is 12.2. The van der Waals surface area contributed by atoms with E-state index >= 15 is 0 Å². The summed E-state index contributed by atoms with van der Waals surface area (Å²) in [4.78, 5) is 17.6. The highest BCUT2D eigenvalue weighted by molar-refractivity contribution is 8.18. The number of amidine groups is 1. The minimum absolute atomic E-state index is 0.0926. The fraction of sp³-hybridized carbons (Fsp3) is 0.200. The molecule has 0 atom stereocenters. The number of amides is 1. The summed E-state index contributed by atoms with van der Waals surface area (Å²) >= 11 is 1.39. The van der Waals surface area contributed by atoms with E-state index in [0.717, 1.165) is 27.9 Å². The third kappa shape index (κ3) is 3.44. The predicted molar refractivity (Wildman–Crippen MR) is 103 cm³/mol. The van der Waals surface area contributed by atoms with Crippen LogP contribution in [0.2, 0.25) is 0 Å². The molecule has 1 aliphatic heterocycles. The Morgan fingerprint density at radius 1 is 1.00 bits per heavy atom. The molecular weight excluding hydrogens is 316 g/mol. The van der Waals surface area contributed by atoms with Gasteiger partial charge in [-0.15, -0.1) is 0 Å². The molecule has 122 valence electrons. The van der Waals surface area contributed by atoms with Crippen molar-refractivity contribution in [1.29, 1.82) is 0 Å². The molecule has 0 aliphatic carbocycles. The number of nitrogens with zero attached hydrogens (tertiary/aromatic N) is 1. The van der Waals surface area contributed by atoms with E-state index in [9.17, 15) is 4.79 Å². The van der Waals surface area contributed by atoms with Crippen LogP contribution in [0.4, 0.5) is 5.69 Å². The average Bonchev–Trinajstić information content (AvgIpc) is 2.86. The molecular formula is C20H20N2OS. The highest BCUT2D eigenvalue weighted by Crippen LogP contribution is 2.31. The molecule has 0 bridgehead atoms. The zero-order valence-corrected chi connectivity index (χ0v) is 15.1. The van der Waals surface area contributed by atoms with Crippen LogP contribution < -0.4 is 5.32 Å². The van der Waals surface area contributed by atoms with Gasteiger partial charge in [-0.05, 0) is 67.8 Å². The van der Waals surface area contributed by atoms with Crippen LogP contribution in [0, 0.1) is 27.7 Å². The number of aryl methyl sites for hydroxylation is 4. The summed E-state index contributed by atoms with van der Waals surface area (Å²) in [5, 5.41) is 3.50. The summed E-state index contributed by atoms with van der Waals surface area (Å²) < 4.78 is 0. The van der Waals surface area contributed by atoms with E-state index in [-0.39, 0.29) is 5.91 Å². The van der Waals surface area contributed by atoms with Crippen LogP contribution in [0.25, 0.3) is 6.08 Å². The van der Waals surface area contributed by atoms with E-state index in [1.165, 1.54) is 17.3 Å². The number of para-hydroxylation sites is 1. The molecule has 1 aliphatic rings. The smallest absolute Gasteiger partial charge is 0.264 e. The molecule has 0 unspecified atom stereocenters. The van der Waals surface area contributed by atoms with Crippen molar-refractivity contribution in [3.63, 3.8) is 0 Å². The molecule has 0 spiro atoms. The second-order valence-corrected chi connectivity index (χ2v) is 7.11. The standard InChI is InChI=1S/C20H20N2OS/c1-12-8-9-16(15(4)10-12)11-17-19(23)22-20(24-17)21-18-13(2)6-5-7-14(18)3/h5-11H,1-4H3,(H,21,22,23)/b17-11-. The summed E-state index contributed by atoms with van der Waals surface area (Å²) in [6.07, 6.45) is 1.93. The van der Waals surface area contributed by atoms with Gasteiger partial charge < -0.3 is 5.32 Å². The van der Waals surface area contributed by atoms with E-state index in [1.807, 2.05) is 44.2 Å². The Balaban J connectivity index is 1.91. The lowest BCUT2D eigenvalue weighted by Gasteiger charge is -2.04. The van der Waals surface area contributed by atoms with Gasteiger partial charge in [-0.25, -0.2) is 4.99 Å². The second-order valence-electron chi connectivity index (χ2n) is 6.08. The molecule has 3 rings (SSSR count). The second kappa shape index (κ2) is 6.65. The van der Waals surface area contributed by atoms with E-state index in [1.54, 1.807) is 0 Å². The minimum atomic E-state index is -0.0926. The summed E-state index contributed by atoms with van der Waals surface area (Å²) in [5.41, 5.74) is 6.57. The monoisotopic (exact) mass is 336 g/mol. The number of carbonyl (C=O) groups is 1. The number of hydrogen-bond donors (Lipinski definition) is 1. The molecule has 1 saturated heterocycles. The van der Waals surface area contributed by atoms with Crippen molar-refractivity contribution in [1.82, 2.24) is 5.32 Å². The van der Waals surface area contributed by atoms with Gasteiger partial charge >= 0.3 is 0 Å². The van der Waals surface area contributed by atoms with Crippen molar-refractivity contribution in [3.05, 3.63) is 69.1 Å². The number of aliphatic imine (C=N–C) groups is 1. The lowest BCUT2D eigenvalue weighted by atomic mass is 10.1. The molecule has 1 N–H and O–H groups in total. The number of thioether (sulfide) groups is 1. The fourth-order valence-corrected chi connectivity index (χ4v) is 3.51. The zero-order chi connectivity index (χ0) is 17.3. The van der Waals surface area contributed by atoms with E-state index in [0.29, 0.717) is 10.1 Å². The van der Waals surface area contributed by atoms with Crippen LogP contribution in [0.1, 0.15) is 27.8 Å². The van der Waals surface area contributed by atoms with Gasteiger partial charge in [0.1, 0.15) is 0 Å². The molecule has 3 nitrogen and oxygen atoms in total. The average molecular weight is 336 g/mol. The SMILES string of the molecule is Cc1ccc(/C=C2\SC(=Nc3c(C)cccc3C)NC2=O)c(C)c1. The molecule has 0 aromatic heterocycles. The summed E-state index contributed by atoms with van der Waals surface area (Å²) in [7, 11) is 0. The van der Waals surface area contributed by atoms with Gasteiger partial charge in [0, 0.05) is 0 Å². The van der Waals surface area contributed by atoms with Crippen molar-refractivity contribution in [3.8, 4) is 0 Å². The first kappa shape index (κ1) is 16.5. The fourth-order valence-electron chi connectivity index (χ4n) is 2.69. The normalized spacial score (nSPS) is 17.6. The Morgan fingerprint density at radius 3 is 2.38 bits per heavy atom. The number of carbonyl (C=O) groups excluding carboxylic acids is 1. The number of rotatable bonds is 2. The highest BCUT2D eigenvalue weighted by atomic mass is 32.2. The van der Waals surface area contributed by atoms with Crippen LogP contribution in [-0.4, -0.2) is 11.1 Å². The van der Waals surface area contributed by atoms with Gasteiger partial charge in [0.15, 0.2) is 5.17 Å². The molecule has 1 fully saturated rings. The van der Waals surface area contributed by atoms with Gasteiger partial charge in [-0.3, -0.25) is 4.79 Å². The molecule has 2 aromatic carbocycles. The Kier molecular flexibility index (Phi) is 4.58. The first-order chi connectivity index (χ1) is 11.4. The van der Waals surface area contributed by atoms with Crippen LogP contribution in [0.3, 0.4) is 0 Å². The third-order valence-electron chi connectivity index (χ3n) is 4.02. The lowest BCUT2D eigenvalue weighted by Crippen LogP contribution is -2.19. The van der Waals surface area contributed by atoms with Gasteiger partial charge in [-0.2, -0.15) is 0 Å². The summed E-state index contributed by atoms with van der Waals surface area (Å²) in [6.45, 7) is 8.18. The summed E-state index contributed by atoms with van der Waals surface area (Å²) in [5.74, 6) is -0.0926. The van der Waals surface area contributed by atoms with Crippen molar-refractivity contribution in [2.24, 2.45) is 4.99 Å². The number of benzene rings is 2. The van der Waals surface area contributed by atoms with Gasteiger partial charge in [0.05, 0.1) is 10.6 Å². The molecule has 0 radical (unpaired) electrons. The Morgan fingerprint density at radius 2 is 1.71 bits per heavy atom. The minimum Gasteiger partial charge on any atom is -0.300 e. The van der Waals surface area contributed by atoms with E-state index in [2.05, 4.69) is 36.3 Å². The van der Waals surface area contributed by atoms with Crippen molar-refractivity contribution >= 4 is 34.6 Å². The van der Waals surface area contributed by atoms with Crippen LogP contribution in [-0.2, 0) is 4.79 Å². The Labute approximate surface area is 146 Å². The Bertz CT molecular complexity index is 861. The number of nitrogens with one attached hydrogen (secondary N) is 1. The largest absolute Gasteiger partial charge is 0.300 e. The van der Waals surface area contributed by atoms with E-state index < -0.39 is 0 Å². The molecule has 0 saturated carbocycles. The van der Waals surface area contributed by atoms with Gasteiger partial charge in [-0.1, -0.05) is 42.0 Å². The maximum absolute atomic E-state index is 12.2. The first-order valence-electron chi connectivity index (χ1n) is 7.87. The summed E-state index contributed by atoms with van der Waals surface area (Å²) in [6, 6.07) is 12.3. The van der Waals surface area contributed by atoms with Gasteiger partial charge in [0.25, 0.3) is 5.91 Å². The van der Waals surface area contributed by atoms with Crippen LogP contribution >= 0.6 is 11.8 Å². The van der Waals surface area contributed by atoms with Crippen molar-refractivity contribution < 1.29 is 4.79 Å². The molecule has 1 heterocycles. The molecule has 1 amide bonds. The Hall–Kier alpha value is -2.33. The van der Waals surface area contributed by atoms with Crippen LogP contribution in [0.5, 0.6) is 0 Å². The highest BCUT2D eigenvalue weighted by Gasteiger charge is 2.24. The molecule has 2 aromatic rings. The topological polar surface area (TPSA) is 41.5 Å².